The van der Waals surface area contributed by atoms with Crippen LogP contribution in [-0.4, -0.2) is 6.54 Å². The first-order chi connectivity index (χ1) is 9.10. The average Bonchev–Trinajstić information content (AvgIpc) is 2.38. The van der Waals surface area contributed by atoms with Gasteiger partial charge in [-0.15, -0.1) is 0 Å². The summed E-state index contributed by atoms with van der Waals surface area (Å²) >= 11 is 6.20. The maximum absolute atomic E-state index is 6.20. The first-order valence-corrected chi connectivity index (χ1v) is 7.98. The van der Waals surface area contributed by atoms with Gasteiger partial charge >= 0.3 is 0 Å². The first kappa shape index (κ1) is 16.5. The van der Waals surface area contributed by atoms with Gasteiger partial charge in [0.05, 0.1) is 0 Å². The van der Waals surface area contributed by atoms with Gasteiger partial charge < -0.3 is 5.32 Å². The fourth-order valence-corrected chi connectivity index (χ4v) is 2.68. The van der Waals surface area contributed by atoms with Crippen LogP contribution in [0.3, 0.4) is 0 Å². The molecule has 0 heterocycles. The van der Waals surface area contributed by atoms with Gasteiger partial charge in [0.2, 0.25) is 0 Å². The highest BCUT2D eigenvalue weighted by Gasteiger charge is 2.14. The van der Waals surface area contributed by atoms with E-state index in [1.54, 1.807) is 0 Å². The van der Waals surface area contributed by atoms with Gasteiger partial charge in [-0.2, -0.15) is 0 Å². The number of aryl methyl sites for hydroxylation is 2. The minimum Gasteiger partial charge on any atom is -0.310 e. The molecule has 19 heavy (non-hydrogen) atoms. The quantitative estimate of drug-likeness (QED) is 0.614. The van der Waals surface area contributed by atoms with Crippen LogP contribution in [0.5, 0.6) is 0 Å². The van der Waals surface area contributed by atoms with E-state index >= 15 is 0 Å². The van der Waals surface area contributed by atoms with Crippen molar-refractivity contribution in [2.45, 2.75) is 65.8 Å². The lowest BCUT2D eigenvalue weighted by atomic mass is 9.94. The number of unbranched alkanes of at least 4 members (excludes halogenated alkanes) is 2. The molecule has 0 amide bonds. The summed E-state index contributed by atoms with van der Waals surface area (Å²) in [5.74, 6) is 0. The van der Waals surface area contributed by atoms with Gasteiger partial charge in [-0.3, -0.25) is 0 Å². The smallest absolute Gasteiger partial charge is 0.0438 e. The van der Waals surface area contributed by atoms with Crippen molar-refractivity contribution in [1.82, 2.24) is 5.32 Å². The van der Waals surface area contributed by atoms with Crippen molar-refractivity contribution in [2.24, 2.45) is 0 Å². The van der Waals surface area contributed by atoms with Crippen LogP contribution >= 0.6 is 11.6 Å². The Morgan fingerprint density at radius 2 is 1.79 bits per heavy atom. The predicted octanol–water partition coefficient (Wildman–Crippen LogP) is 5.58. The summed E-state index contributed by atoms with van der Waals surface area (Å²) in [5.41, 5.74) is 3.91. The minimum absolute atomic E-state index is 0.475. The fourth-order valence-electron chi connectivity index (χ4n) is 2.46. The van der Waals surface area contributed by atoms with Crippen LogP contribution in [0.25, 0.3) is 0 Å². The Kier molecular flexibility index (Phi) is 7.48. The molecule has 0 saturated heterocycles. The molecular formula is C17H28ClN. The first-order valence-electron chi connectivity index (χ1n) is 7.60. The Morgan fingerprint density at radius 3 is 2.42 bits per heavy atom. The summed E-state index contributed by atoms with van der Waals surface area (Å²) in [4.78, 5) is 0. The van der Waals surface area contributed by atoms with Crippen molar-refractivity contribution in [3.05, 3.63) is 33.8 Å². The maximum atomic E-state index is 6.20. The number of benzene rings is 1. The van der Waals surface area contributed by atoms with Crippen molar-refractivity contribution in [2.75, 3.05) is 6.54 Å². The molecule has 1 nitrogen and oxygen atoms in total. The topological polar surface area (TPSA) is 12.0 Å². The molecular weight excluding hydrogens is 254 g/mol. The van der Waals surface area contributed by atoms with Crippen LogP contribution in [-0.2, 0) is 0 Å². The van der Waals surface area contributed by atoms with Gasteiger partial charge in [0, 0.05) is 11.1 Å². The number of rotatable bonds is 8. The van der Waals surface area contributed by atoms with Gasteiger partial charge in [0.15, 0.2) is 0 Å². The van der Waals surface area contributed by atoms with Gasteiger partial charge in [0.1, 0.15) is 0 Å². The van der Waals surface area contributed by atoms with E-state index in [1.807, 2.05) is 0 Å². The van der Waals surface area contributed by atoms with Crippen LogP contribution in [0.4, 0.5) is 0 Å². The minimum atomic E-state index is 0.475. The second kappa shape index (κ2) is 8.60. The molecule has 0 aliphatic heterocycles. The Hall–Kier alpha value is -0.530. The highest BCUT2D eigenvalue weighted by Crippen LogP contribution is 2.28. The summed E-state index contributed by atoms with van der Waals surface area (Å²) in [6.07, 6.45) is 6.28. The molecule has 1 rings (SSSR count). The zero-order valence-electron chi connectivity index (χ0n) is 12.9. The number of nitrogens with one attached hydrogen (secondary N) is 1. The molecule has 0 fully saturated rings. The van der Waals surface area contributed by atoms with Gasteiger partial charge in [-0.1, -0.05) is 50.8 Å². The molecule has 1 atom stereocenters. The molecule has 2 heteroatoms. The predicted molar refractivity (Wildman–Crippen MR) is 86.1 cm³/mol. The van der Waals surface area contributed by atoms with Crippen LogP contribution in [0, 0.1) is 13.8 Å². The van der Waals surface area contributed by atoms with Crippen LogP contribution in [0.15, 0.2) is 12.1 Å². The van der Waals surface area contributed by atoms with E-state index in [0.717, 1.165) is 11.6 Å². The van der Waals surface area contributed by atoms with Crippen molar-refractivity contribution in [3.8, 4) is 0 Å². The summed E-state index contributed by atoms with van der Waals surface area (Å²) in [6, 6.07) is 4.84. The number of hydrogen-bond donors (Lipinski definition) is 1. The fraction of sp³-hybridized carbons (Fsp3) is 0.647. The molecule has 0 spiro atoms. The molecule has 0 radical (unpaired) electrons. The van der Waals surface area contributed by atoms with E-state index in [-0.39, 0.29) is 0 Å². The van der Waals surface area contributed by atoms with E-state index in [1.165, 1.54) is 48.8 Å². The zero-order valence-corrected chi connectivity index (χ0v) is 13.6. The molecule has 0 saturated carbocycles. The second-order valence-electron chi connectivity index (χ2n) is 5.46. The van der Waals surface area contributed by atoms with E-state index in [0.29, 0.717) is 6.04 Å². The van der Waals surface area contributed by atoms with Crippen LogP contribution in [0.1, 0.15) is 68.7 Å². The highest BCUT2D eigenvalue weighted by atomic mass is 35.5. The zero-order chi connectivity index (χ0) is 14.3. The summed E-state index contributed by atoms with van der Waals surface area (Å²) in [7, 11) is 0. The summed E-state index contributed by atoms with van der Waals surface area (Å²) in [6.45, 7) is 9.81. The standard InChI is InChI=1S/C17H28ClN/c1-5-7-8-9-17(19-10-6-2)15-11-14(4)16(18)12-13(15)3/h11-12,17,19H,5-10H2,1-4H3. The second-order valence-corrected chi connectivity index (χ2v) is 5.87. The number of halogens is 1. The lowest BCUT2D eigenvalue weighted by Crippen LogP contribution is -2.23. The van der Waals surface area contributed by atoms with Crippen molar-refractivity contribution in [3.63, 3.8) is 0 Å². The van der Waals surface area contributed by atoms with E-state index in [2.05, 4.69) is 45.1 Å². The Bertz CT molecular complexity index is 387. The highest BCUT2D eigenvalue weighted by molar-refractivity contribution is 6.31. The molecule has 1 unspecified atom stereocenters. The van der Waals surface area contributed by atoms with Gasteiger partial charge in [0.25, 0.3) is 0 Å². The monoisotopic (exact) mass is 281 g/mol. The lowest BCUT2D eigenvalue weighted by Gasteiger charge is -2.22. The van der Waals surface area contributed by atoms with Gasteiger partial charge in [-0.25, -0.2) is 0 Å². The Balaban J connectivity index is 2.85. The molecule has 1 aromatic rings. The summed E-state index contributed by atoms with van der Waals surface area (Å²) < 4.78 is 0. The van der Waals surface area contributed by atoms with E-state index in [9.17, 15) is 0 Å². The molecule has 0 aliphatic carbocycles. The number of hydrogen-bond acceptors (Lipinski definition) is 1. The Morgan fingerprint density at radius 1 is 1.05 bits per heavy atom. The SMILES string of the molecule is CCCCCC(NCCC)c1cc(C)c(Cl)cc1C. The molecule has 1 aromatic carbocycles. The average molecular weight is 282 g/mol. The molecule has 0 bridgehead atoms. The largest absolute Gasteiger partial charge is 0.310 e. The molecule has 0 aliphatic rings. The summed E-state index contributed by atoms with van der Waals surface area (Å²) in [5, 5.41) is 4.57. The van der Waals surface area contributed by atoms with Gasteiger partial charge in [-0.05, 0) is 56.0 Å². The molecule has 0 aromatic heterocycles. The van der Waals surface area contributed by atoms with Crippen molar-refractivity contribution >= 4 is 11.6 Å². The van der Waals surface area contributed by atoms with E-state index < -0.39 is 0 Å². The van der Waals surface area contributed by atoms with Crippen LogP contribution < -0.4 is 5.32 Å². The molecule has 1 N–H and O–H groups in total. The Labute approximate surface area is 123 Å². The van der Waals surface area contributed by atoms with Crippen LogP contribution in [0.2, 0.25) is 5.02 Å². The van der Waals surface area contributed by atoms with E-state index in [4.69, 9.17) is 11.6 Å². The lowest BCUT2D eigenvalue weighted by molar-refractivity contribution is 0.473. The van der Waals surface area contributed by atoms with Crippen molar-refractivity contribution in [1.29, 1.82) is 0 Å². The third-order valence-corrected chi connectivity index (χ3v) is 4.07. The maximum Gasteiger partial charge on any atom is 0.0438 e. The molecule has 108 valence electrons. The van der Waals surface area contributed by atoms with Crippen molar-refractivity contribution < 1.29 is 0 Å². The third-order valence-electron chi connectivity index (χ3n) is 3.66. The normalized spacial score (nSPS) is 12.7. The third kappa shape index (κ3) is 5.16.